The van der Waals surface area contributed by atoms with Crippen LogP contribution in [0, 0.1) is 5.82 Å². The van der Waals surface area contributed by atoms with E-state index in [4.69, 9.17) is 21.3 Å². The van der Waals surface area contributed by atoms with Gasteiger partial charge in [-0.25, -0.2) is 14.2 Å². The number of rotatable bonds is 15. The normalized spacial score (nSPS) is 13.6. The predicted molar refractivity (Wildman–Crippen MR) is 142 cm³/mol. The Balaban J connectivity index is 1.51. The number of carbonyl (C=O) groups is 2. The molecule has 0 fully saturated rings. The van der Waals surface area contributed by atoms with Crippen LogP contribution in [-0.4, -0.2) is 72.3 Å². The highest BCUT2D eigenvalue weighted by atomic mass is 35.5. The maximum absolute atomic E-state index is 14.1. The zero-order chi connectivity index (χ0) is 26.6. The molecule has 1 aromatic heterocycles. The zero-order valence-corrected chi connectivity index (χ0v) is 22.0. The molecule has 0 saturated carbocycles. The molecule has 1 aromatic carbocycles. The summed E-state index contributed by atoms with van der Waals surface area (Å²) in [6.45, 7) is 5.87. The highest BCUT2D eigenvalue weighted by Crippen LogP contribution is 2.21. The first-order valence-electron chi connectivity index (χ1n) is 12.9. The fourth-order valence-electron chi connectivity index (χ4n) is 4.34. The van der Waals surface area contributed by atoms with Gasteiger partial charge in [0.2, 0.25) is 0 Å². The molecule has 8 nitrogen and oxygen atoms in total. The molecule has 1 atom stereocenters. The highest BCUT2D eigenvalue weighted by Gasteiger charge is 2.24. The minimum atomic E-state index is -1.18. The molecule has 2 aromatic rings. The number of fused-ring (bicyclic) bond motifs is 1. The van der Waals surface area contributed by atoms with Crippen molar-refractivity contribution in [2.75, 3.05) is 44.7 Å². The summed E-state index contributed by atoms with van der Waals surface area (Å²) >= 11 is 5.96. The summed E-state index contributed by atoms with van der Waals surface area (Å²) in [6, 6.07) is 6.97. The Morgan fingerprint density at radius 1 is 1.24 bits per heavy atom. The number of anilines is 1. The van der Waals surface area contributed by atoms with E-state index < -0.39 is 23.7 Å². The Morgan fingerprint density at radius 3 is 2.84 bits per heavy atom. The predicted octanol–water partition coefficient (Wildman–Crippen LogP) is 4.17. The van der Waals surface area contributed by atoms with E-state index in [0.29, 0.717) is 26.3 Å². The van der Waals surface area contributed by atoms with E-state index >= 15 is 0 Å². The van der Waals surface area contributed by atoms with Crippen LogP contribution in [0.3, 0.4) is 0 Å². The molecule has 202 valence electrons. The van der Waals surface area contributed by atoms with E-state index in [-0.39, 0.29) is 17.0 Å². The number of ether oxygens (including phenoxy) is 1. The number of hydrogen-bond donors (Lipinski definition) is 3. The number of halogens is 2. The number of carboxylic acids is 1. The standard InChI is InChI=1S/C27H36ClFN4O4/c1-2-37-18-17-33(15-4-3-8-20-12-11-19-7-6-14-30-25(19)31-20)16-13-23(27(35)36)32-26(34)24-21(28)9-5-10-22(24)29/h5,9-12,23H,2-4,6-8,13-18H2,1H3,(H,30,31)(H,32,34)(H,35,36). The molecule has 1 aliphatic heterocycles. The van der Waals surface area contributed by atoms with Crippen molar-refractivity contribution in [3.8, 4) is 0 Å². The number of aromatic nitrogens is 1. The topological polar surface area (TPSA) is 104 Å². The molecule has 3 rings (SSSR count). The fraction of sp³-hybridized carbons (Fsp3) is 0.519. The van der Waals surface area contributed by atoms with Crippen molar-refractivity contribution in [3.05, 3.63) is 58.0 Å². The van der Waals surface area contributed by atoms with Crippen molar-refractivity contribution in [1.29, 1.82) is 0 Å². The number of unbranched alkanes of at least 4 members (excludes halogenated alkanes) is 1. The summed E-state index contributed by atoms with van der Waals surface area (Å²) < 4.78 is 19.6. The van der Waals surface area contributed by atoms with Crippen molar-refractivity contribution in [2.45, 2.75) is 51.5 Å². The quantitative estimate of drug-likeness (QED) is 0.295. The lowest BCUT2D eigenvalue weighted by Crippen LogP contribution is -2.44. The largest absolute Gasteiger partial charge is 0.480 e. The van der Waals surface area contributed by atoms with E-state index in [0.717, 1.165) is 62.8 Å². The van der Waals surface area contributed by atoms with Crippen molar-refractivity contribution >= 4 is 29.3 Å². The van der Waals surface area contributed by atoms with Crippen molar-refractivity contribution in [2.24, 2.45) is 0 Å². The van der Waals surface area contributed by atoms with E-state index in [9.17, 15) is 19.1 Å². The Morgan fingerprint density at radius 2 is 2.08 bits per heavy atom. The third kappa shape index (κ3) is 8.94. The van der Waals surface area contributed by atoms with Crippen LogP contribution in [0.15, 0.2) is 30.3 Å². The Kier molecular flexibility index (Phi) is 11.6. The zero-order valence-electron chi connectivity index (χ0n) is 21.3. The van der Waals surface area contributed by atoms with Gasteiger partial charge in [-0.15, -0.1) is 0 Å². The SMILES string of the molecule is CCOCCN(CCCCc1ccc2c(n1)NCCC2)CCC(NC(=O)c1c(F)cccc1Cl)C(=O)O. The maximum Gasteiger partial charge on any atom is 0.326 e. The van der Waals surface area contributed by atoms with Crippen LogP contribution in [-0.2, 0) is 22.4 Å². The minimum Gasteiger partial charge on any atom is -0.480 e. The number of carbonyl (C=O) groups excluding carboxylic acids is 1. The second-order valence-electron chi connectivity index (χ2n) is 9.09. The van der Waals surface area contributed by atoms with E-state index in [1.807, 2.05) is 6.92 Å². The number of pyridine rings is 1. The summed E-state index contributed by atoms with van der Waals surface area (Å²) in [4.78, 5) is 31.3. The Labute approximate surface area is 222 Å². The van der Waals surface area contributed by atoms with Gasteiger partial charge in [0.15, 0.2) is 0 Å². The van der Waals surface area contributed by atoms with Gasteiger partial charge in [-0.1, -0.05) is 23.7 Å². The van der Waals surface area contributed by atoms with E-state index in [1.54, 1.807) is 0 Å². The van der Waals surface area contributed by atoms with Crippen LogP contribution in [0.4, 0.5) is 10.2 Å². The molecular formula is C27H36ClFN4O4. The van der Waals surface area contributed by atoms with E-state index in [2.05, 4.69) is 27.7 Å². The van der Waals surface area contributed by atoms with Crippen LogP contribution in [0.5, 0.6) is 0 Å². The van der Waals surface area contributed by atoms with Gasteiger partial charge in [-0.2, -0.15) is 0 Å². The Bertz CT molecular complexity index is 1030. The van der Waals surface area contributed by atoms with Crippen LogP contribution < -0.4 is 10.6 Å². The number of benzene rings is 1. The van der Waals surface area contributed by atoms with Gasteiger partial charge in [-0.3, -0.25) is 4.79 Å². The lowest BCUT2D eigenvalue weighted by molar-refractivity contribution is -0.139. The molecule has 3 N–H and O–H groups in total. The third-order valence-corrected chi connectivity index (χ3v) is 6.71. The lowest BCUT2D eigenvalue weighted by Gasteiger charge is -2.24. The number of hydrogen-bond acceptors (Lipinski definition) is 6. The first-order chi connectivity index (χ1) is 17.9. The summed E-state index contributed by atoms with van der Waals surface area (Å²) in [6.07, 6.45) is 5.09. The minimum absolute atomic E-state index is 0.0656. The summed E-state index contributed by atoms with van der Waals surface area (Å²) in [5.41, 5.74) is 1.98. The van der Waals surface area contributed by atoms with Gasteiger partial charge < -0.3 is 25.4 Å². The van der Waals surface area contributed by atoms with Crippen LogP contribution in [0.1, 0.15) is 54.2 Å². The smallest absolute Gasteiger partial charge is 0.326 e. The molecule has 2 heterocycles. The molecule has 1 amide bonds. The number of nitrogens with zero attached hydrogens (tertiary/aromatic N) is 2. The summed E-state index contributed by atoms with van der Waals surface area (Å²) in [5.74, 6) is -1.82. The van der Waals surface area contributed by atoms with Gasteiger partial charge in [-0.05, 0) is 75.8 Å². The van der Waals surface area contributed by atoms with E-state index in [1.165, 1.54) is 17.7 Å². The van der Waals surface area contributed by atoms with Crippen LogP contribution >= 0.6 is 11.6 Å². The number of carboxylic acid groups (broad SMARTS) is 1. The second kappa shape index (κ2) is 14.9. The van der Waals surface area contributed by atoms with Crippen molar-refractivity contribution in [1.82, 2.24) is 15.2 Å². The molecule has 0 spiro atoms. The van der Waals surface area contributed by atoms with Crippen molar-refractivity contribution in [3.63, 3.8) is 0 Å². The number of nitrogens with one attached hydrogen (secondary N) is 2. The number of aryl methyl sites for hydroxylation is 2. The molecule has 1 aliphatic rings. The van der Waals surface area contributed by atoms with Gasteiger partial charge in [0.05, 0.1) is 17.2 Å². The molecule has 0 radical (unpaired) electrons. The summed E-state index contributed by atoms with van der Waals surface area (Å²) in [7, 11) is 0. The van der Waals surface area contributed by atoms with Gasteiger partial charge in [0.1, 0.15) is 17.7 Å². The van der Waals surface area contributed by atoms with Gasteiger partial charge in [0.25, 0.3) is 5.91 Å². The van der Waals surface area contributed by atoms with Crippen LogP contribution in [0.2, 0.25) is 5.02 Å². The molecule has 0 bridgehead atoms. The highest BCUT2D eigenvalue weighted by molar-refractivity contribution is 6.33. The molecule has 10 heteroatoms. The molecular weight excluding hydrogens is 499 g/mol. The first kappa shape index (κ1) is 28.8. The third-order valence-electron chi connectivity index (χ3n) is 6.39. The molecule has 0 aliphatic carbocycles. The molecule has 0 saturated heterocycles. The van der Waals surface area contributed by atoms with Crippen molar-refractivity contribution < 1.29 is 23.8 Å². The molecule has 1 unspecified atom stereocenters. The Hall–Kier alpha value is -2.75. The average Bonchev–Trinajstić information content (AvgIpc) is 2.88. The van der Waals surface area contributed by atoms with Gasteiger partial charge in [0, 0.05) is 31.9 Å². The average molecular weight is 535 g/mol. The maximum atomic E-state index is 14.1. The lowest BCUT2D eigenvalue weighted by atomic mass is 10.1. The number of aliphatic carboxylic acids is 1. The second-order valence-corrected chi connectivity index (χ2v) is 9.49. The number of amides is 1. The fourth-order valence-corrected chi connectivity index (χ4v) is 4.59. The molecule has 37 heavy (non-hydrogen) atoms. The monoisotopic (exact) mass is 534 g/mol. The first-order valence-corrected chi connectivity index (χ1v) is 13.3. The summed E-state index contributed by atoms with van der Waals surface area (Å²) in [5, 5.41) is 15.4. The van der Waals surface area contributed by atoms with Crippen LogP contribution in [0.25, 0.3) is 0 Å². The van der Waals surface area contributed by atoms with Gasteiger partial charge >= 0.3 is 5.97 Å².